The van der Waals surface area contributed by atoms with Crippen molar-refractivity contribution in [2.24, 2.45) is 0 Å². The van der Waals surface area contributed by atoms with Crippen LogP contribution in [0.2, 0.25) is 5.02 Å². The number of thioether (sulfide) groups is 1. The van der Waals surface area contributed by atoms with Gasteiger partial charge in [0.2, 0.25) is 5.91 Å². The number of benzene rings is 1. The fourth-order valence-electron chi connectivity index (χ4n) is 1.67. The summed E-state index contributed by atoms with van der Waals surface area (Å²) in [7, 11) is 0. The minimum Gasteiger partial charge on any atom is -0.467 e. The van der Waals surface area contributed by atoms with E-state index in [1.54, 1.807) is 30.5 Å². The van der Waals surface area contributed by atoms with E-state index in [4.69, 9.17) is 21.8 Å². The van der Waals surface area contributed by atoms with Crippen LogP contribution >= 0.6 is 23.4 Å². The van der Waals surface area contributed by atoms with E-state index in [2.05, 4.69) is 5.32 Å². The van der Waals surface area contributed by atoms with Crippen LogP contribution in [0.25, 0.3) is 0 Å². The zero-order valence-electron chi connectivity index (χ0n) is 10.9. The largest absolute Gasteiger partial charge is 0.467 e. The Morgan fingerprint density at radius 1 is 1.50 bits per heavy atom. The van der Waals surface area contributed by atoms with Crippen molar-refractivity contribution in [2.45, 2.75) is 17.9 Å². The number of halogens is 1. The van der Waals surface area contributed by atoms with Crippen LogP contribution in [-0.2, 0) is 4.79 Å². The molecule has 0 aliphatic carbocycles. The molecule has 106 valence electrons. The van der Waals surface area contributed by atoms with Crippen LogP contribution in [0.4, 0.5) is 5.69 Å². The molecule has 0 saturated carbocycles. The van der Waals surface area contributed by atoms with Crippen molar-refractivity contribution < 1.29 is 9.21 Å². The zero-order chi connectivity index (χ0) is 14.5. The maximum atomic E-state index is 11.9. The summed E-state index contributed by atoms with van der Waals surface area (Å²) in [6.07, 6.45) is 1.58. The van der Waals surface area contributed by atoms with Crippen LogP contribution in [-0.4, -0.2) is 11.7 Å². The third-order valence-electron chi connectivity index (χ3n) is 2.66. The van der Waals surface area contributed by atoms with Crippen LogP contribution in [0, 0.1) is 0 Å². The molecular formula is C14H15ClN2O2S. The molecule has 0 saturated heterocycles. The molecule has 0 aliphatic rings. The van der Waals surface area contributed by atoms with Crippen molar-refractivity contribution in [3.05, 3.63) is 47.4 Å². The molecule has 0 fully saturated rings. The van der Waals surface area contributed by atoms with Crippen LogP contribution < -0.4 is 11.1 Å². The maximum absolute atomic E-state index is 11.9. The Labute approximate surface area is 126 Å². The third-order valence-corrected chi connectivity index (χ3v) is 4.16. The van der Waals surface area contributed by atoms with E-state index in [0.717, 1.165) is 10.7 Å². The highest BCUT2D eigenvalue weighted by Crippen LogP contribution is 2.28. The number of nitrogens with one attached hydrogen (secondary N) is 1. The lowest BCUT2D eigenvalue weighted by Gasteiger charge is -2.11. The zero-order valence-corrected chi connectivity index (χ0v) is 12.5. The van der Waals surface area contributed by atoms with Crippen LogP contribution in [0.5, 0.6) is 0 Å². The molecule has 0 aliphatic heterocycles. The van der Waals surface area contributed by atoms with E-state index in [1.165, 1.54) is 11.8 Å². The summed E-state index contributed by atoms with van der Waals surface area (Å²) in [5.41, 5.74) is 6.32. The average Bonchev–Trinajstić information content (AvgIpc) is 2.94. The van der Waals surface area contributed by atoms with E-state index in [0.29, 0.717) is 10.7 Å². The molecule has 1 aromatic heterocycles. The molecule has 1 heterocycles. The number of carbonyl (C=O) groups is 1. The van der Waals surface area contributed by atoms with Gasteiger partial charge in [0.05, 0.1) is 23.1 Å². The highest BCUT2D eigenvalue weighted by Gasteiger charge is 2.12. The Morgan fingerprint density at radius 3 is 3.00 bits per heavy atom. The Hall–Kier alpha value is -1.59. The first kappa shape index (κ1) is 14.8. The van der Waals surface area contributed by atoms with Gasteiger partial charge in [0.1, 0.15) is 5.76 Å². The van der Waals surface area contributed by atoms with Gasteiger partial charge in [-0.3, -0.25) is 4.79 Å². The third kappa shape index (κ3) is 3.95. The van der Waals surface area contributed by atoms with Gasteiger partial charge in [-0.1, -0.05) is 11.6 Å². The highest BCUT2D eigenvalue weighted by atomic mass is 35.5. The molecule has 20 heavy (non-hydrogen) atoms. The minimum atomic E-state index is -0.158. The summed E-state index contributed by atoms with van der Waals surface area (Å²) in [6, 6.07) is 8.67. The number of amides is 1. The number of rotatable bonds is 5. The van der Waals surface area contributed by atoms with Crippen LogP contribution in [0.1, 0.15) is 18.7 Å². The minimum absolute atomic E-state index is 0.0857. The Morgan fingerprint density at radius 2 is 2.30 bits per heavy atom. The van der Waals surface area contributed by atoms with Gasteiger partial charge in [-0.05, 0) is 37.3 Å². The molecule has 3 N–H and O–H groups in total. The predicted octanol–water partition coefficient (Wildman–Crippen LogP) is 3.48. The molecule has 1 atom stereocenters. The van der Waals surface area contributed by atoms with Crippen molar-refractivity contribution in [1.29, 1.82) is 0 Å². The smallest absolute Gasteiger partial charge is 0.230 e. The van der Waals surface area contributed by atoms with Crippen molar-refractivity contribution in [3.8, 4) is 0 Å². The second-order valence-corrected chi connectivity index (χ2v) is 5.71. The van der Waals surface area contributed by atoms with Gasteiger partial charge in [0.15, 0.2) is 0 Å². The highest BCUT2D eigenvalue weighted by molar-refractivity contribution is 8.00. The molecular weight excluding hydrogens is 296 g/mol. The van der Waals surface area contributed by atoms with Gasteiger partial charge in [-0.25, -0.2) is 0 Å². The van der Waals surface area contributed by atoms with Gasteiger partial charge in [0.25, 0.3) is 0 Å². The van der Waals surface area contributed by atoms with E-state index in [-0.39, 0.29) is 17.7 Å². The monoisotopic (exact) mass is 310 g/mol. The summed E-state index contributed by atoms with van der Waals surface area (Å²) in [5.74, 6) is 0.913. The molecule has 6 heteroatoms. The molecule has 1 unspecified atom stereocenters. The second-order valence-electron chi connectivity index (χ2n) is 4.28. The average molecular weight is 311 g/mol. The van der Waals surface area contributed by atoms with E-state index >= 15 is 0 Å². The number of hydrogen-bond acceptors (Lipinski definition) is 4. The maximum Gasteiger partial charge on any atom is 0.230 e. The summed E-state index contributed by atoms with van der Waals surface area (Å²) in [6.45, 7) is 1.87. The van der Waals surface area contributed by atoms with Crippen molar-refractivity contribution in [1.82, 2.24) is 5.32 Å². The van der Waals surface area contributed by atoms with Gasteiger partial charge in [-0.15, -0.1) is 11.8 Å². The molecule has 2 aromatic rings. The molecule has 0 spiro atoms. The lowest BCUT2D eigenvalue weighted by Crippen LogP contribution is -2.27. The summed E-state index contributed by atoms with van der Waals surface area (Å²) in [5, 5.41) is 3.45. The number of nitrogen functional groups attached to an aromatic ring is 1. The van der Waals surface area contributed by atoms with Gasteiger partial charge in [0, 0.05) is 10.6 Å². The molecule has 1 amide bonds. The van der Waals surface area contributed by atoms with Gasteiger partial charge in [-0.2, -0.15) is 0 Å². The second kappa shape index (κ2) is 6.72. The lowest BCUT2D eigenvalue weighted by atomic mass is 10.2. The number of carbonyl (C=O) groups excluding carboxylic acids is 1. The normalized spacial score (nSPS) is 12.1. The standard InChI is InChI=1S/C14H15ClN2O2S/c1-9(12-3-2-6-19-12)17-14(18)8-20-13-7-10(16)4-5-11(13)15/h2-7,9H,8,16H2,1H3,(H,17,18). The Balaban J connectivity index is 1.87. The Kier molecular flexibility index (Phi) is 4.98. The predicted molar refractivity (Wildman–Crippen MR) is 81.9 cm³/mol. The fourth-order valence-corrected chi connectivity index (χ4v) is 2.74. The molecule has 0 radical (unpaired) electrons. The quantitative estimate of drug-likeness (QED) is 0.655. The Bertz CT molecular complexity index is 587. The number of anilines is 1. The molecule has 2 rings (SSSR count). The van der Waals surface area contributed by atoms with Gasteiger partial charge >= 0.3 is 0 Å². The SMILES string of the molecule is CC(NC(=O)CSc1cc(N)ccc1Cl)c1ccco1. The van der Waals surface area contributed by atoms with Gasteiger partial charge < -0.3 is 15.5 Å². The topological polar surface area (TPSA) is 68.3 Å². The molecule has 0 bridgehead atoms. The number of furan rings is 1. The van der Waals surface area contributed by atoms with Crippen LogP contribution in [0.15, 0.2) is 45.9 Å². The van der Waals surface area contributed by atoms with Crippen molar-refractivity contribution in [3.63, 3.8) is 0 Å². The molecule has 1 aromatic carbocycles. The number of hydrogen-bond donors (Lipinski definition) is 2. The van der Waals surface area contributed by atoms with E-state index in [1.807, 2.05) is 13.0 Å². The van der Waals surface area contributed by atoms with Crippen molar-refractivity contribution >= 4 is 35.0 Å². The first-order chi connectivity index (χ1) is 9.56. The summed E-state index contributed by atoms with van der Waals surface area (Å²) in [4.78, 5) is 12.7. The van der Waals surface area contributed by atoms with E-state index in [9.17, 15) is 4.79 Å². The molecule has 4 nitrogen and oxygen atoms in total. The number of nitrogens with two attached hydrogens (primary N) is 1. The fraction of sp³-hybridized carbons (Fsp3) is 0.214. The lowest BCUT2D eigenvalue weighted by molar-refractivity contribution is -0.119. The summed E-state index contributed by atoms with van der Waals surface area (Å²) >= 11 is 7.40. The first-order valence-corrected chi connectivity index (χ1v) is 7.43. The first-order valence-electron chi connectivity index (χ1n) is 6.07. The van der Waals surface area contributed by atoms with E-state index < -0.39 is 0 Å². The van der Waals surface area contributed by atoms with Crippen LogP contribution in [0.3, 0.4) is 0 Å². The summed E-state index contributed by atoms with van der Waals surface area (Å²) < 4.78 is 5.23. The van der Waals surface area contributed by atoms with Crippen molar-refractivity contribution in [2.75, 3.05) is 11.5 Å².